The van der Waals surface area contributed by atoms with Crippen molar-refractivity contribution in [1.29, 1.82) is 5.26 Å². The van der Waals surface area contributed by atoms with Gasteiger partial charge in [-0.05, 0) is 68.7 Å². The summed E-state index contributed by atoms with van der Waals surface area (Å²) in [6.07, 6.45) is -4.44. The Bertz CT molecular complexity index is 1860. The number of aromatic amines is 1. The van der Waals surface area contributed by atoms with Gasteiger partial charge in [-0.15, -0.1) is 0 Å². The molecule has 0 saturated carbocycles. The quantitative estimate of drug-likeness (QED) is 0.0728. The number of ether oxygens (including phenoxy) is 4. The van der Waals surface area contributed by atoms with E-state index in [1.165, 1.54) is 6.20 Å². The van der Waals surface area contributed by atoms with Gasteiger partial charge in [-0.1, -0.05) is 54.6 Å². The van der Waals surface area contributed by atoms with Gasteiger partial charge in [-0.2, -0.15) is 5.26 Å². The van der Waals surface area contributed by atoms with Gasteiger partial charge in [0.05, 0.1) is 39.9 Å². The number of methoxy groups -OCH3 is 2. The number of nitrogens with zero attached hydrogens (tertiary/aromatic N) is 3. The Morgan fingerprint density at radius 2 is 1.47 bits per heavy atom. The lowest BCUT2D eigenvalue weighted by molar-refractivity contribution is -0.0934. The average Bonchev–Trinajstić information content (AvgIpc) is 3.46. The third kappa shape index (κ3) is 8.87. The number of benzene rings is 3. The van der Waals surface area contributed by atoms with E-state index in [4.69, 9.17) is 28.0 Å². The van der Waals surface area contributed by atoms with Gasteiger partial charge in [-0.25, -0.2) is 13.9 Å². The lowest BCUT2D eigenvalue weighted by Gasteiger charge is -2.39. The molecule has 14 heteroatoms. The van der Waals surface area contributed by atoms with Crippen LogP contribution in [0.4, 0.5) is 4.39 Å². The van der Waals surface area contributed by atoms with E-state index in [0.717, 1.165) is 27.3 Å². The molecule has 1 aromatic heterocycles. The molecule has 0 aliphatic carbocycles. The Morgan fingerprint density at radius 1 is 0.906 bits per heavy atom. The standard InChI is InChI=1S/C39H46FN4O8P/c1-26(2)44(27(3)4)53(50-24-10-22-41)52-36-33(51-37(35(36)40)43-23-21-34(45)42-38(43)46)25-49-39(28-11-8-7-9-12-28,29-13-17-31(47-5)18-14-29)30-15-19-32(48-6)20-16-30/h7-9,11-21,23,26-27,33,35-37H,10,24-25H2,1-6H3,(H,42,45,46)/t33-,35?,36?,37-,53?/m1/s1. The Kier molecular flexibility index (Phi) is 13.6. The van der Waals surface area contributed by atoms with Crippen LogP contribution in [0.1, 0.15) is 57.0 Å². The van der Waals surface area contributed by atoms with Crippen LogP contribution in [-0.4, -0.2) is 72.1 Å². The molecule has 1 aliphatic heterocycles. The maximum atomic E-state index is 16.9. The van der Waals surface area contributed by atoms with E-state index in [1.807, 2.05) is 111 Å². The molecule has 1 saturated heterocycles. The van der Waals surface area contributed by atoms with Gasteiger partial charge in [0.1, 0.15) is 29.3 Å². The summed E-state index contributed by atoms with van der Waals surface area (Å²) in [5, 5.41) is 9.25. The van der Waals surface area contributed by atoms with Crippen LogP contribution in [0.15, 0.2) is 101 Å². The average molecular weight is 749 g/mol. The minimum Gasteiger partial charge on any atom is -0.497 e. The van der Waals surface area contributed by atoms with Crippen LogP contribution in [0.25, 0.3) is 0 Å². The maximum Gasteiger partial charge on any atom is 0.330 e. The van der Waals surface area contributed by atoms with Crippen molar-refractivity contribution in [2.24, 2.45) is 0 Å². The third-order valence-electron chi connectivity index (χ3n) is 8.90. The smallest absolute Gasteiger partial charge is 0.330 e. The fourth-order valence-electron chi connectivity index (χ4n) is 6.49. The molecule has 4 aromatic rings. The molecular formula is C39H46FN4O8P. The van der Waals surface area contributed by atoms with Gasteiger partial charge in [0.15, 0.2) is 12.4 Å². The van der Waals surface area contributed by atoms with Gasteiger partial charge < -0.3 is 28.0 Å². The first-order chi connectivity index (χ1) is 25.5. The predicted molar refractivity (Wildman–Crippen MR) is 198 cm³/mol. The van der Waals surface area contributed by atoms with Gasteiger partial charge >= 0.3 is 5.69 Å². The molecule has 2 heterocycles. The SMILES string of the molecule is COc1ccc(C(OC[C@H]2O[C@@H](n3ccc(=O)[nH]c3=O)C(F)C2OP(OCCC#N)N(C(C)C)C(C)C)(c2ccccc2)c2ccc(OC)cc2)cc1. The highest BCUT2D eigenvalue weighted by Crippen LogP contribution is 2.51. The van der Waals surface area contributed by atoms with Crippen LogP contribution in [-0.2, 0) is 24.1 Å². The highest BCUT2D eigenvalue weighted by atomic mass is 31.2. The second-order valence-corrected chi connectivity index (χ2v) is 14.4. The molecule has 3 aromatic carbocycles. The predicted octanol–water partition coefficient (Wildman–Crippen LogP) is 6.46. The van der Waals surface area contributed by atoms with Gasteiger partial charge in [-0.3, -0.25) is 14.3 Å². The summed E-state index contributed by atoms with van der Waals surface area (Å²) in [5.41, 5.74) is -0.435. The minimum atomic E-state index is -1.93. The molecule has 1 fully saturated rings. The van der Waals surface area contributed by atoms with Crippen molar-refractivity contribution in [1.82, 2.24) is 14.2 Å². The minimum absolute atomic E-state index is 0.0632. The summed E-state index contributed by atoms with van der Waals surface area (Å²) in [6, 6.07) is 27.7. The topological polar surface area (TPSA) is 137 Å². The molecule has 0 spiro atoms. The van der Waals surface area contributed by atoms with Crippen LogP contribution in [0.5, 0.6) is 11.5 Å². The molecule has 5 atom stereocenters. The number of alkyl halides is 1. The third-order valence-corrected chi connectivity index (χ3v) is 11.0. The van der Waals surface area contributed by atoms with Crippen molar-refractivity contribution in [2.45, 2.75) is 76.4 Å². The van der Waals surface area contributed by atoms with E-state index in [9.17, 15) is 14.9 Å². The number of nitriles is 1. The molecular weight excluding hydrogens is 702 g/mol. The van der Waals surface area contributed by atoms with Crippen LogP contribution in [0, 0.1) is 11.3 Å². The van der Waals surface area contributed by atoms with Crippen LogP contribution in [0.2, 0.25) is 0 Å². The zero-order valence-electron chi connectivity index (χ0n) is 30.7. The molecule has 282 valence electrons. The summed E-state index contributed by atoms with van der Waals surface area (Å²) in [4.78, 5) is 27.1. The van der Waals surface area contributed by atoms with E-state index in [0.29, 0.717) is 11.5 Å². The van der Waals surface area contributed by atoms with Crippen molar-refractivity contribution >= 4 is 8.53 Å². The van der Waals surface area contributed by atoms with Gasteiger partial charge in [0, 0.05) is 24.3 Å². The van der Waals surface area contributed by atoms with E-state index in [2.05, 4.69) is 11.1 Å². The molecule has 0 amide bonds. The number of halogens is 1. The largest absolute Gasteiger partial charge is 0.497 e. The van der Waals surface area contributed by atoms with Gasteiger partial charge in [0.2, 0.25) is 0 Å². The van der Waals surface area contributed by atoms with Crippen molar-refractivity contribution in [2.75, 3.05) is 27.4 Å². The van der Waals surface area contributed by atoms with E-state index in [1.54, 1.807) is 14.2 Å². The fraction of sp³-hybridized carbons (Fsp3) is 0.410. The molecule has 12 nitrogen and oxygen atoms in total. The summed E-state index contributed by atoms with van der Waals surface area (Å²) in [5.74, 6) is 1.30. The summed E-state index contributed by atoms with van der Waals surface area (Å²) in [7, 11) is 1.25. The Labute approximate surface area is 310 Å². The maximum absolute atomic E-state index is 16.9. The van der Waals surface area contributed by atoms with E-state index < -0.39 is 50.0 Å². The Hall–Kier alpha value is -4.41. The van der Waals surface area contributed by atoms with Crippen LogP contribution < -0.4 is 20.7 Å². The molecule has 5 rings (SSSR count). The number of rotatable bonds is 17. The normalized spacial score (nSPS) is 19.4. The number of hydrogen-bond acceptors (Lipinski definition) is 10. The summed E-state index contributed by atoms with van der Waals surface area (Å²) in [6.45, 7) is 7.77. The number of hydrogen-bond donors (Lipinski definition) is 1. The highest BCUT2D eigenvalue weighted by molar-refractivity contribution is 7.44. The van der Waals surface area contributed by atoms with E-state index in [-0.39, 0.29) is 31.7 Å². The zero-order chi connectivity index (χ0) is 38.1. The Morgan fingerprint density at radius 3 is 1.98 bits per heavy atom. The van der Waals surface area contributed by atoms with Crippen LogP contribution in [0.3, 0.4) is 0 Å². The fourth-order valence-corrected chi connectivity index (χ4v) is 8.25. The molecule has 53 heavy (non-hydrogen) atoms. The summed E-state index contributed by atoms with van der Waals surface area (Å²) >= 11 is 0. The Balaban J connectivity index is 1.62. The van der Waals surface area contributed by atoms with Gasteiger partial charge in [0.25, 0.3) is 14.1 Å². The molecule has 0 radical (unpaired) electrons. The lowest BCUT2D eigenvalue weighted by Crippen LogP contribution is -2.41. The number of nitrogens with one attached hydrogen (secondary N) is 1. The second-order valence-electron chi connectivity index (χ2n) is 13.0. The summed E-state index contributed by atoms with van der Waals surface area (Å²) < 4.78 is 57.0. The molecule has 1 aliphatic rings. The van der Waals surface area contributed by atoms with Crippen LogP contribution >= 0.6 is 8.53 Å². The molecule has 0 bridgehead atoms. The first-order valence-electron chi connectivity index (χ1n) is 17.4. The first kappa shape index (κ1) is 39.8. The van der Waals surface area contributed by atoms with Crippen molar-refractivity contribution in [3.05, 3.63) is 129 Å². The number of aromatic nitrogens is 2. The number of H-pyrrole nitrogens is 1. The zero-order valence-corrected chi connectivity index (χ0v) is 31.6. The molecule has 3 unspecified atom stereocenters. The highest BCUT2D eigenvalue weighted by Gasteiger charge is 2.51. The van der Waals surface area contributed by atoms with E-state index >= 15 is 4.39 Å². The van der Waals surface area contributed by atoms with Crippen molar-refractivity contribution in [3.63, 3.8) is 0 Å². The first-order valence-corrected chi connectivity index (χ1v) is 18.5. The van der Waals surface area contributed by atoms with Crippen molar-refractivity contribution < 1.29 is 32.4 Å². The second kappa shape index (κ2) is 18.1. The monoisotopic (exact) mass is 748 g/mol. The van der Waals surface area contributed by atoms with Crippen molar-refractivity contribution in [3.8, 4) is 17.6 Å². The lowest BCUT2D eigenvalue weighted by atomic mass is 9.80. The molecule has 1 N–H and O–H groups in total.